The Hall–Kier alpha value is -1.65. The van der Waals surface area contributed by atoms with Crippen LogP contribution in [0.2, 0.25) is 10.3 Å². The van der Waals surface area contributed by atoms with Crippen molar-refractivity contribution in [2.75, 3.05) is 0 Å². The van der Waals surface area contributed by atoms with Gasteiger partial charge in [0.25, 0.3) is 0 Å². The van der Waals surface area contributed by atoms with Gasteiger partial charge in [-0.2, -0.15) is 5.10 Å². The molecule has 2 aromatic heterocycles. The van der Waals surface area contributed by atoms with Crippen molar-refractivity contribution in [2.24, 2.45) is 0 Å². The van der Waals surface area contributed by atoms with E-state index in [-0.39, 0.29) is 16.2 Å². The molecule has 108 valence electrons. The lowest BCUT2D eigenvalue weighted by atomic mass is 10.1. The normalized spacial score (nSPS) is 11.5. The summed E-state index contributed by atoms with van der Waals surface area (Å²) >= 11 is 12.6. The molecule has 3 rings (SSSR count). The molecule has 0 atom stereocenters. The summed E-state index contributed by atoms with van der Waals surface area (Å²) in [5.41, 5.74) is 2.06. The molecule has 0 fully saturated rings. The Balaban J connectivity index is 2.31. The van der Waals surface area contributed by atoms with Gasteiger partial charge in [-0.25, -0.2) is 13.9 Å². The summed E-state index contributed by atoms with van der Waals surface area (Å²) < 4.78 is 15.5. The second kappa shape index (κ2) is 5.28. The summed E-state index contributed by atoms with van der Waals surface area (Å²) in [6.07, 6.45) is 0. The minimum Gasteiger partial charge on any atom is -0.216 e. The van der Waals surface area contributed by atoms with Crippen molar-refractivity contribution < 1.29 is 4.39 Å². The van der Waals surface area contributed by atoms with E-state index < -0.39 is 5.82 Å². The number of hydrogen-bond donors (Lipinski definition) is 0. The van der Waals surface area contributed by atoms with Crippen LogP contribution >= 0.6 is 23.2 Å². The number of nitrogens with zero attached hydrogens (tertiary/aromatic N) is 3. The molecule has 0 saturated carbocycles. The molecule has 3 aromatic rings. The molecule has 3 nitrogen and oxygen atoms in total. The van der Waals surface area contributed by atoms with E-state index in [1.54, 1.807) is 18.2 Å². The summed E-state index contributed by atoms with van der Waals surface area (Å²) in [7, 11) is 0. The van der Waals surface area contributed by atoms with Gasteiger partial charge in [0.15, 0.2) is 5.65 Å². The standard InChI is InChI=1S/C15H12Cl2FN3/c1-8(2)11-7-12-19-14(16)13(15(17)21(12)20-11)9-5-3-4-6-10(9)18/h3-8H,1-2H3. The first-order valence-corrected chi connectivity index (χ1v) is 7.24. The van der Waals surface area contributed by atoms with Gasteiger partial charge in [-0.15, -0.1) is 0 Å². The molecule has 6 heteroatoms. The number of aromatic nitrogens is 3. The zero-order valence-electron chi connectivity index (χ0n) is 11.4. The SMILES string of the molecule is CC(C)c1cc2nc(Cl)c(-c3ccccc3F)c(Cl)n2n1. The second-order valence-corrected chi connectivity index (χ2v) is 5.76. The first kappa shape index (κ1) is 14.3. The van der Waals surface area contributed by atoms with Crippen molar-refractivity contribution in [1.82, 2.24) is 14.6 Å². The first-order chi connectivity index (χ1) is 9.99. The highest BCUT2D eigenvalue weighted by atomic mass is 35.5. The third kappa shape index (κ3) is 2.39. The highest BCUT2D eigenvalue weighted by Gasteiger charge is 2.19. The predicted octanol–water partition coefficient (Wildman–Crippen LogP) is 4.97. The van der Waals surface area contributed by atoms with E-state index in [2.05, 4.69) is 10.1 Å². The van der Waals surface area contributed by atoms with Gasteiger partial charge in [-0.05, 0) is 12.0 Å². The van der Waals surface area contributed by atoms with Gasteiger partial charge in [-0.3, -0.25) is 0 Å². The lowest BCUT2D eigenvalue weighted by Gasteiger charge is -2.09. The third-order valence-electron chi connectivity index (χ3n) is 3.26. The molecule has 0 unspecified atom stereocenters. The Labute approximate surface area is 131 Å². The van der Waals surface area contributed by atoms with Gasteiger partial charge in [0.2, 0.25) is 0 Å². The maximum Gasteiger partial charge on any atom is 0.158 e. The summed E-state index contributed by atoms with van der Waals surface area (Å²) in [6.45, 7) is 4.05. The maximum atomic E-state index is 14.0. The molecule has 1 aromatic carbocycles. The molecule has 21 heavy (non-hydrogen) atoms. The monoisotopic (exact) mass is 323 g/mol. The van der Waals surface area contributed by atoms with Gasteiger partial charge >= 0.3 is 0 Å². The fourth-order valence-electron chi connectivity index (χ4n) is 2.13. The van der Waals surface area contributed by atoms with Crippen molar-refractivity contribution in [2.45, 2.75) is 19.8 Å². The molecule has 0 saturated heterocycles. The Kier molecular flexibility index (Phi) is 3.59. The molecular weight excluding hydrogens is 312 g/mol. The van der Waals surface area contributed by atoms with Crippen LogP contribution in [0.25, 0.3) is 16.8 Å². The van der Waals surface area contributed by atoms with Crippen molar-refractivity contribution in [3.63, 3.8) is 0 Å². The Morgan fingerprint density at radius 2 is 1.90 bits per heavy atom. The average Bonchev–Trinajstić information content (AvgIpc) is 2.85. The van der Waals surface area contributed by atoms with Crippen LogP contribution in [-0.2, 0) is 0 Å². The summed E-state index contributed by atoms with van der Waals surface area (Å²) in [5.74, 6) is -0.169. The average molecular weight is 324 g/mol. The fourth-order valence-corrected chi connectivity index (χ4v) is 2.77. The topological polar surface area (TPSA) is 30.2 Å². The van der Waals surface area contributed by atoms with Crippen LogP contribution in [0, 0.1) is 5.82 Å². The number of fused-ring (bicyclic) bond motifs is 1. The number of rotatable bonds is 2. The van der Waals surface area contributed by atoms with Gasteiger partial charge in [0.1, 0.15) is 16.1 Å². The van der Waals surface area contributed by atoms with Gasteiger partial charge in [0, 0.05) is 11.6 Å². The van der Waals surface area contributed by atoms with Crippen LogP contribution in [0.3, 0.4) is 0 Å². The molecule has 2 heterocycles. The van der Waals surface area contributed by atoms with E-state index in [1.165, 1.54) is 10.6 Å². The zero-order valence-corrected chi connectivity index (χ0v) is 13.0. The first-order valence-electron chi connectivity index (χ1n) is 6.48. The Morgan fingerprint density at radius 3 is 2.57 bits per heavy atom. The van der Waals surface area contributed by atoms with Crippen LogP contribution in [0.5, 0.6) is 0 Å². The Morgan fingerprint density at radius 1 is 1.19 bits per heavy atom. The van der Waals surface area contributed by atoms with Crippen LogP contribution in [-0.4, -0.2) is 14.6 Å². The quantitative estimate of drug-likeness (QED) is 0.623. The van der Waals surface area contributed by atoms with Gasteiger partial charge in [0.05, 0.1) is 11.3 Å². The molecular formula is C15H12Cl2FN3. The Bertz CT molecular complexity index is 827. The lowest BCUT2D eigenvalue weighted by Crippen LogP contribution is -1.99. The van der Waals surface area contributed by atoms with Crippen LogP contribution in [0.15, 0.2) is 30.3 Å². The molecule has 0 spiro atoms. The molecule has 0 N–H and O–H groups in total. The second-order valence-electron chi connectivity index (χ2n) is 5.04. The van der Waals surface area contributed by atoms with Crippen molar-refractivity contribution in [3.8, 4) is 11.1 Å². The molecule has 0 aliphatic carbocycles. The molecule has 0 radical (unpaired) electrons. The summed E-state index contributed by atoms with van der Waals surface area (Å²) in [4.78, 5) is 4.27. The minimum absolute atomic E-state index is 0.160. The van der Waals surface area contributed by atoms with E-state index >= 15 is 0 Å². The van der Waals surface area contributed by atoms with Crippen molar-refractivity contribution in [1.29, 1.82) is 0 Å². The summed E-state index contributed by atoms with van der Waals surface area (Å²) in [5, 5.41) is 4.82. The molecule has 0 aliphatic rings. The van der Waals surface area contributed by atoms with Crippen LogP contribution in [0.4, 0.5) is 4.39 Å². The summed E-state index contributed by atoms with van der Waals surface area (Å²) in [6, 6.07) is 8.13. The molecule has 0 bridgehead atoms. The fraction of sp³-hybridized carbons (Fsp3) is 0.200. The third-order valence-corrected chi connectivity index (χ3v) is 3.88. The number of halogens is 3. The predicted molar refractivity (Wildman–Crippen MR) is 82.5 cm³/mol. The molecule has 0 aliphatic heterocycles. The highest BCUT2D eigenvalue weighted by Crippen LogP contribution is 2.35. The van der Waals surface area contributed by atoms with E-state index in [1.807, 2.05) is 19.9 Å². The number of benzene rings is 1. The van der Waals surface area contributed by atoms with E-state index in [0.29, 0.717) is 16.8 Å². The smallest absolute Gasteiger partial charge is 0.158 e. The van der Waals surface area contributed by atoms with E-state index in [0.717, 1.165) is 5.69 Å². The minimum atomic E-state index is -0.404. The van der Waals surface area contributed by atoms with Gasteiger partial charge in [-0.1, -0.05) is 55.2 Å². The van der Waals surface area contributed by atoms with Crippen molar-refractivity contribution in [3.05, 3.63) is 52.1 Å². The number of hydrogen-bond acceptors (Lipinski definition) is 2. The highest BCUT2D eigenvalue weighted by molar-refractivity contribution is 6.38. The maximum absolute atomic E-state index is 14.0. The lowest BCUT2D eigenvalue weighted by molar-refractivity contribution is 0.631. The largest absolute Gasteiger partial charge is 0.216 e. The van der Waals surface area contributed by atoms with E-state index in [4.69, 9.17) is 23.2 Å². The van der Waals surface area contributed by atoms with Crippen LogP contribution in [0.1, 0.15) is 25.5 Å². The van der Waals surface area contributed by atoms with Crippen LogP contribution < -0.4 is 0 Å². The zero-order chi connectivity index (χ0) is 15.1. The van der Waals surface area contributed by atoms with E-state index in [9.17, 15) is 4.39 Å². The van der Waals surface area contributed by atoms with Gasteiger partial charge < -0.3 is 0 Å². The molecule has 0 amide bonds. The van der Waals surface area contributed by atoms with Crippen molar-refractivity contribution >= 4 is 28.8 Å².